The molecule has 0 bridgehead atoms. The molecular formula is C26H19BrN2O5. The number of hydrogen-bond donors (Lipinski definition) is 3. The number of anilines is 1. The molecule has 3 aromatic rings. The van der Waals surface area contributed by atoms with Gasteiger partial charge in [-0.2, -0.15) is 0 Å². The number of rotatable bonds is 5. The Morgan fingerprint density at radius 1 is 0.971 bits per heavy atom. The van der Waals surface area contributed by atoms with E-state index in [1.54, 1.807) is 12.1 Å². The SMILES string of the molecule is O=C(O)C#CCNC(=O)c1ccc(Br)cc1NC(=O)OCC1c2ccccc2-c2ccccc21. The molecule has 34 heavy (non-hydrogen) atoms. The Hall–Kier alpha value is -4.09. The van der Waals surface area contributed by atoms with Crippen molar-refractivity contribution in [2.45, 2.75) is 5.92 Å². The fourth-order valence-corrected chi connectivity index (χ4v) is 4.26. The number of carbonyl (C=O) groups is 3. The summed E-state index contributed by atoms with van der Waals surface area (Å²) in [5, 5.41) is 13.7. The lowest BCUT2D eigenvalue weighted by Crippen LogP contribution is -2.26. The summed E-state index contributed by atoms with van der Waals surface area (Å²) in [7, 11) is 0. The molecule has 0 heterocycles. The predicted octanol–water partition coefficient (Wildman–Crippen LogP) is 4.63. The van der Waals surface area contributed by atoms with Crippen molar-refractivity contribution < 1.29 is 24.2 Å². The number of ether oxygens (including phenoxy) is 1. The molecule has 7 nitrogen and oxygen atoms in total. The van der Waals surface area contributed by atoms with E-state index in [1.807, 2.05) is 42.3 Å². The van der Waals surface area contributed by atoms with E-state index < -0.39 is 18.0 Å². The van der Waals surface area contributed by atoms with Crippen molar-refractivity contribution in [3.05, 3.63) is 87.9 Å². The van der Waals surface area contributed by atoms with Crippen LogP contribution in [0.3, 0.4) is 0 Å². The Morgan fingerprint density at radius 3 is 2.26 bits per heavy atom. The van der Waals surface area contributed by atoms with Crippen molar-refractivity contribution >= 4 is 39.6 Å². The number of carboxylic acid groups (broad SMARTS) is 1. The van der Waals surface area contributed by atoms with E-state index in [4.69, 9.17) is 9.84 Å². The molecule has 3 N–H and O–H groups in total. The van der Waals surface area contributed by atoms with Crippen LogP contribution in [0, 0.1) is 11.8 Å². The first-order valence-electron chi connectivity index (χ1n) is 10.4. The number of hydrogen-bond acceptors (Lipinski definition) is 4. The van der Waals surface area contributed by atoms with Crippen molar-refractivity contribution in [2.75, 3.05) is 18.5 Å². The molecule has 0 fully saturated rings. The van der Waals surface area contributed by atoms with Crippen molar-refractivity contribution in [2.24, 2.45) is 0 Å². The molecule has 0 atom stereocenters. The van der Waals surface area contributed by atoms with E-state index in [2.05, 4.69) is 44.6 Å². The Balaban J connectivity index is 1.45. The normalized spacial score (nSPS) is 11.4. The molecule has 0 spiro atoms. The van der Waals surface area contributed by atoms with Gasteiger partial charge in [-0.25, -0.2) is 9.59 Å². The van der Waals surface area contributed by atoms with Gasteiger partial charge in [0, 0.05) is 16.3 Å². The largest absolute Gasteiger partial charge is 0.472 e. The molecule has 4 rings (SSSR count). The number of nitrogens with one attached hydrogen (secondary N) is 2. The molecule has 1 aliphatic carbocycles. The van der Waals surface area contributed by atoms with Crippen molar-refractivity contribution in [1.82, 2.24) is 5.32 Å². The minimum atomic E-state index is -1.28. The summed E-state index contributed by atoms with van der Waals surface area (Å²) in [5.41, 5.74) is 4.89. The second kappa shape index (κ2) is 10.2. The highest BCUT2D eigenvalue weighted by Crippen LogP contribution is 2.44. The number of carbonyl (C=O) groups excluding carboxylic acids is 2. The highest BCUT2D eigenvalue weighted by molar-refractivity contribution is 9.10. The van der Waals surface area contributed by atoms with Gasteiger partial charge in [0.15, 0.2) is 0 Å². The van der Waals surface area contributed by atoms with Gasteiger partial charge in [0.25, 0.3) is 5.91 Å². The van der Waals surface area contributed by atoms with Crippen LogP contribution in [0.2, 0.25) is 0 Å². The summed E-state index contributed by atoms with van der Waals surface area (Å²) in [5.74, 6) is 2.36. The molecule has 2 amide bonds. The third-order valence-corrected chi connectivity index (χ3v) is 5.83. The van der Waals surface area contributed by atoms with Gasteiger partial charge in [0.2, 0.25) is 0 Å². The van der Waals surface area contributed by atoms with Crippen LogP contribution >= 0.6 is 15.9 Å². The Labute approximate surface area is 204 Å². The Kier molecular flexibility index (Phi) is 6.95. The van der Waals surface area contributed by atoms with E-state index in [1.165, 1.54) is 6.07 Å². The standard InChI is InChI=1S/C26H19BrN2O5/c27-16-11-12-21(25(32)28-13-5-10-24(30)31)23(14-16)29-26(33)34-15-22-19-8-3-1-6-17(19)18-7-2-4-9-20(18)22/h1-4,6-9,11-12,14,22H,13,15H2,(H,28,32)(H,29,33)(H,30,31). The van der Waals surface area contributed by atoms with E-state index in [0.717, 1.165) is 22.3 Å². The fourth-order valence-electron chi connectivity index (χ4n) is 3.90. The summed E-state index contributed by atoms with van der Waals surface area (Å²) in [6.45, 7) is -0.00818. The lowest BCUT2D eigenvalue weighted by atomic mass is 9.98. The third kappa shape index (κ3) is 5.11. The summed E-state index contributed by atoms with van der Waals surface area (Å²) >= 11 is 3.33. The molecule has 8 heteroatoms. The van der Waals surface area contributed by atoms with Gasteiger partial charge in [-0.05, 0) is 40.5 Å². The number of fused-ring (bicyclic) bond motifs is 3. The predicted molar refractivity (Wildman–Crippen MR) is 131 cm³/mol. The van der Waals surface area contributed by atoms with Crippen LogP contribution in [-0.2, 0) is 9.53 Å². The first-order valence-corrected chi connectivity index (χ1v) is 11.1. The van der Waals surface area contributed by atoms with Crippen LogP contribution in [0.25, 0.3) is 11.1 Å². The van der Waals surface area contributed by atoms with Gasteiger partial charge in [0.05, 0.1) is 17.8 Å². The number of benzene rings is 3. The average molecular weight is 519 g/mol. The zero-order valence-corrected chi connectivity index (χ0v) is 19.4. The zero-order valence-electron chi connectivity index (χ0n) is 17.8. The van der Waals surface area contributed by atoms with Gasteiger partial charge < -0.3 is 15.2 Å². The fraction of sp³-hybridized carbons (Fsp3) is 0.115. The third-order valence-electron chi connectivity index (χ3n) is 5.34. The minimum absolute atomic E-state index is 0.0868. The van der Waals surface area contributed by atoms with Crippen molar-refractivity contribution in [3.8, 4) is 23.0 Å². The second-order valence-electron chi connectivity index (χ2n) is 7.43. The molecule has 0 saturated carbocycles. The van der Waals surface area contributed by atoms with Crippen LogP contribution < -0.4 is 10.6 Å². The van der Waals surface area contributed by atoms with Gasteiger partial charge in [-0.15, -0.1) is 0 Å². The summed E-state index contributed by atoms with van der Waals surface area (Å²) in [6.07, 6.45) is -0.695. The van der Waals surface area contributed by atoms with Crippen LogP contribution in [0.1, 0.15) is 27.4 Å². The summed E-state index contributed by atoms with van der Waals surface area (Å²) in [4.78, 5) is 35.6. The average Bonchev–Trinajstić information content (AvgIpc) is 3.14. The topological polar surface area (TPSA) is 105 Å². The number of amides is 2. The molecule has 0 aromatic heterocycles. The van der Waals surface area contributed by atoms with Gasteiger partial charge in [-0.1, -0.05) is 70.4 Å². The van der Waals surface area contributed by atoms with Crippen LogP contribution in [0.5, 0.6) is 0 Å². The van der Waals surface area contributed by atoms with Crippen LogP contribution in [0.4, 0.5) is 10.5 Å². The van der Waals surface area contributed by atoms with E-state index in [0.29, 0.717) is 4.47 Å². The first kappa shape index (κ1) is 23.1. The highest BCUT2D eigenvalue weighted by atomic mass is 79.9. The van der Waals surface area contributed by atoms with Crippen LogP contribution in [-0.4, -0.2) is 36.2 Å². The van der Waals surface area contributed by atoms with Gasteiger partial charge in [-0.3, -0.25) is 10.1 Å². The second-order valence-corrected chi connectivity index (χ2v) is 8.35. The number of aliphatic carboxylic acids is 1. The van der Waals surface area contributed by atoms with Gasteiger partial charge >= 0.3 is 12.1 Å². The number of halogens is 1. The highest BCUT2D eigenvalue weighted by Gasteiger charge is 2.29. The lowest BCUT2D eigenvalue weighted by Gasteiger charge is -2.16. The maximum atomic E-state index is 12.6. The smallest absolute Gasteiger partial charge is 0.411 e. The molecule has 0 unspecified atom stereocenters. The lowest BCUT2D eigenvalue weighted by molar-refractivity contribution is -0.130. The summed E-state index contributed by atoms with van der Waals surface area (Å²) in [6, 6.07) is 20.8. The van der Waals surface area contributed by atoms with Crippen LogP contribution in [0.15, 0.2) is 71.2 Å². The van der Waals surface area contributed by atoms with E-state index in [9.17, 15) is 14.4 Å². The minimum Gasteiger partial charge on any atom is -0.472 e. The van der Waals surface area contributed by atoms with Gasteiger partial charge in [0.1, 0.15) is 6.61 Å². The molecule has 3 aromatic carbocycles. The quantitative estimate of drug-likeness (QED) is 0.427. The maximum absolute atomic E-state index is 12.6. The Morgan fingerprint density at radius 2 is 1.62 bits per heavy atom. The maximum Gasteiger partial charge on any atom is 0.411 e. The monoisotopic (exact) mass is 518 g/mol. The molecule has 0 aliphatic heterocycles. The molecular weight excluding hydrogens is 500 g/mol. The molecule has 0 radical (unpaired) electrons. The molecule has 0 saturated heterocycles. The zero-order chi connectivity index (χ0) is 24.1. The van der Waals surface area contributed by atoms with E-state index >= 15 is 0 Å². The molecule has 170 valence electrons. The summed E-state index contributed by atoms with van der Waals surface area (Å²) < 4.78 is 6.21. The number of carboxylic acids is 1. The first-order chi connectivity index (χ1) is 16.4. The molecule has 1 aliphatic rings. The van der Waals surface area contributed by atoms with Crippen molar-refractivity contribution in [1.29, 1.82) is 0 Å². The van der Waals surface area contributed by atoms with Crippen molar-refractivity contribution in [3.63, 3.8) is 0 Å². The van der Waals surface area contributed by atoms with E-state index in [-0.39, 0.29) is 30.3 Å². The Bertz CT molecular complexity index is 1300.